The van der Waals surface area contributed by atoms with Gasteiger partial charge in [-0.1, -0.05) is 0 Å². The first-order valence-corrected chi connectivity index (χ1v) is 4.72. The van der Waals surface area contributed by atoms with E-state index in [1.165, 1.54) is 41.3 Å². The molecular formula is C11H8FN3O2. The van der Waals surface area contributed by atoms with E-state index >= 15 is 0 Å². The number of benzene rings is 1. The number of primary amides is 1. The minimum atomic E-state index is -1.04. The molecule has 0 aliphatic rings. The Morgan fingerprint density at radius 1 is 1.24 bits per heavy atom. The number of nitrogens with two attached hydrogens (primary N) is 1. The monoisotopic (exact) mass is 233 g/mol. The molecule has 0 saturated heterocycles. The van der Waals surface area contributed by atoms with Crippen molar-refractivity contribution in [2.24, 2.45) is 5.73 Å². The van der Waals surface area contributed by atoms with Gasteiger partial charge in [-0.25, -0.2) is 9.07 Å². The summed E-state index contributed by atoms with van der Waals surface area (Å²) in [5.41, 5.74) is 5.54. The molecule has 1 aromatic heterocycles. The van der Waals surface area contributed by atoms with Gasteiger partial charge in [0.1, 0.15) is 5.82 Å². The number of ketones is 1. The minimum absolute atomic E-state index is 0.0989. The maximum Gasteiger partial charge on any atom is 0.289 e. The molecule has 0 radical (unpaired) electrons. The topological polar surface area (TPSA) is 78.0 Å². The maximum absolute atomic E-state index is 12.7. The van der Waals surface area contributed by atoms with E-state index in [0.717, 1.165) is 0 Å². The van der Waals surface area contributed by atoms with Crippen molar-refractivity contribution in [2.75, 3.05) is 0 Å². The standard InChI is InChI=1S/C11H8FN3O2/c12-8-1-3-9(4-2-8)15-6-7(5-14-15)10(16)11(13)17/h1-6H,(H2,13,17). The number of halogens is 1. The second kappa shape index (κ2) is 4.17. The van der Waals surface area contributed by atoms with Crippen LogP contribution in [0.4, 0.5) is 4.39 Å². The number of Topliss-reactive ketones (excluding diaryl/α,β-unsaturated/α-hetero) is 1. The Kier molecular flexibility index (Phi) is 2.70. The van der Waals surface area contributed by atoms with E-state index in [1.807, 2.05) is 0 Å². The van der Waals surface area contributed by atoms with Crippen LogP contribution in [-0.4, -0.2) is 21.5 Å². The molecule has 1 heterocycles. The van der Waals surface area contributed by atoms with Crippen LogP contribution in [0.3, 0.4) is 0 Å². The molecule has 0 saturated carbocycles. The zero-order chi connectivity index (χ0) is 12.4. The lowest BCUT2D eigenvalue weighted by atomic mass is 10.2. The van der Waals surface area contributed by atoms with E-state index in [9.17, 15) is 14.0 Å². The summed E-state index contributed by atoms with van der Waals surface area (Å²) in [5.74, 6) is -2.21. The van der Waals surface area contributed by atoms with Crippen molar-refractivity contribution in [1.82, 2.24) is 9.78 Å². The number of hydrogen-bond donors (Lipinski definition) is 1. The molecule has 1 aromatic carbocycles. The van der Waals surface area contributed by atoms with Crippen LogP contribution in [0.2, 0.25) is 0 Å². The highest BCUT2D eigenvalue weighted by molar-refractivity contribution is 6.42. The number of rotatable bonds is 3. The summed E-state index contributed by atoms with van der Waals surface area (Å²) in [5, 5.41) is 3.89. The number of nitrogens with zero attached hydrogens (tertiary/aromatic N) is 2. The lowest BCUT2D eigenvalue weighted by molar-refractivity contribution is -0.114. The summed E-state index contributed by atoms with van der Waals surface area (Å²) in [4.78, 5) is 21.9. The van der Waals surface area contributed by atoms with Crippen molar-refractivity contribution < 1.29 is 14.0 Å². The van der Waals surface area contributed by atoms with E-state index in [2.05, 4.69) is 5.10 Å². The van der Waals surface area contributed by atoms with Gasteiger partial charge in [-0.15, -0.1) is 0 Å². The Hall–Kier alpha value is -2.50. The van der Waals surface area contributed by atoms with Crippen LogP contribution >= 0.6 is 0 Å². The molecule has 0 atom stereocenters. The SMILES string of the molecule is NC(=O)C(=O)c1cnn(-c2ccc(F)cc2)c1. The van der Waals surface area contributed by atoms with Gasteiger partial charge in [-0.3, -0.25) is 9.59 Å². The Morgan fingerprint density at radius 3 is 2.47 bits per heavy atom. The molecule has 0 fully saturated rings. The highest BCUT2D eigenvalue weighted by Gasteiger charge is 2.14. The number of carbonyl (C=O) groups excluding carboxylic acids is 2. The van der Waals surface area contributed by atoms with Crippen LogP contribution in [0.1, 0.15) is 10.4 Å². The van der Waals surface area contributed by atoms with Gasteiger partial charge in [0.25, 0.3) is 11.7 Å². The van der Waals surface area contributed by atoms with Crippen molar-refractivity contribution in [2.45, 2.75) is 0 Å². The van der Waals surface area contributed by atoms with Crippen LogP contribution in [0.25, 0.3) is 5.69 Å². The summed E-state index contributed by atoms with van der Waals surface area (Å²) >= 11 is 0. The lowest BCUT2D eigenvalue weighted by Crippen LogP contribution is -2.22. The van der Waals surface area contributed by atoms with Crippen LogP contribution in [0.15, 0.2) is 36.7 Å². The van der Waals surface area contributed by atoms with E-state index in [1.54, 1.807) is 0 Å². The van der Waals surface area contributed by atoms with Gasteiger partial charge in [-0.05, 0) is 24.3 Å². The molecular weight excluding hydrogens is 225 g/mol. The molecule has 0 aliphatic heterocycles. The summed E-state index contributed by atoms with van der Waals surface area (Å²) in [6.45, 7) is 0. The van der Waals surface area contributed by atoms with Crippen LogP contribution in [0.5, 0.6) is 0 Å². The smallest absolute Gasteiger partial charge is 0.289 e. The number of carbonyl (C=O) groups is 2. The normalized spacial score (nSPS) is 10.2. The third-order valence-electron chi connectivity index (χ3n) is 2.16. The van der Waals surface area contributed by atoms with Crippen molar-refractivity contribution >= 4 is 11.7 Å². The van der Waals surface area contributed by atoms with E-state index in [4.69, 9.17) is 5.73 Å². The average molecular weight is 233 g/mol. The third-order valence-corrected chi connectivity index (χ3v) is 2.16. The van der Waals surface area contributed by atoms with Gasteiger partial charge in [-0.2, -0.15) is 5.10 Å². The maximum atomic E-state index is 12.7. The molecule has 0 spiro atoms. The Bertz CT molecular complexity index is 575. The number of amides is 1. The molecule has 0 bridgehead atoms. The molecule has 2 rings (SSSR count). The third kappa shape index (κ3) is 2.20. The van der Waals surface area contributed by atoms with E-state index < -0.39 is 11.7 Å². The second-order valence-corrected chi connectivity index (χ2v) is 3.34. The molecule has 0 aliphatic carbocycles. The van der Waals surface area contributed by atoms with Crippen molar-refractivity contribution in [1.29, 1.82) is 0 Å². The first-order valence-electron chi connectivity index (χ1n) is 4.72. The zero-order valence-electron chi connectivity index (χ0n) is 8.63. The highest BCUT2D eigenvalue weighted by Crippen LogP contribution is 2.09. The molecule has 17 heavy (non-hydrogen) atoms. The molecule has 2 aromatic rings. The van der Waals surface area contributed by atoms with Gasteiger partial charge in [0.05, 0.1) is 17.4 Å². The fraction of sp³-hybridized carbons (Fsp3) is 0. The Labute approximate surface area is 95.7 Å². The van der Waals surface area contributed by atoms with Gasteiger partial charge in [0, 0.05) is 6.20 Å². The predicted molar refractivity (Wildman–Crippen MR) is 57.0 cm³/mol. The van der Waals surface area contributed by atoms with Gasteiger partial charge in [0.15, 0.2) is 0 Å². The molecule has 2 N–H and O–H groups in total. The number of aromatic nitrogens is 2. The predicted octanol–water partition coefficient (Wildman–Crippen LogP) is 0.679. The van der Waals surface area contributed by atoms with Crippen LogP contribution < -0.4 is 5.73 Å². The van der Waals surface area contributed by atoms with E-state index in [0.29, 0.717) is 5.69 Å². The molecule has 6 heteroatoms. The lowest BCUT2D eigenvalue weighted by Gasteiger charge is -1.99. The zero-order valence-corrected chi connectivity index (χ0v) is 8.63. The van der Waals surface area contributed by atoms with Crippen molar-refractivity contribution in [3.05, 3.63) is 48.0 Å². The van der Waals surface area contributed by atoms with Crippen molar-refractivity contribution in [3.8, 4) is 5.69 Å². The fourth-order valence-electron chi connectivity index (χ4n) is 1.32. The summed E-state index contributed by atoms with van der Waals surface area (Å²) < 4.78 is 14.1. The molecule has 5 nitrogen and oxygen atoms in total. The summed E-state index contributed by atoms with van der Waals surface area (Å²) in [6, 6.07) is 5.54. The summed E-state index contributed by atoms with van der Waals surface area (Å²) in [7, 11) is 0. The molecule has 1 amide bonds. The van der Waals surface area contributed by atoms with Gasteiger partial charge < -0.3 is 5.73 Å². The largest absolute Gasteiger partial charge is 0.363 e. The molecule has 0 unspecified atom stereocenters. The van der Waals surface area contributed by atoms with Gasteiger partial charge in [0.2, 0.25) is 0 Å². The van der Waals surface area contributed by atoms with Crippen LogP contribution in [-0.2, 0) is 4.79 Å². The second-order valence-electron chi connectivity index (χ2n) is 3.34. The summed E-state index contributed by atoms with van der Waals surface area (Å²) in [6.07, 6.45) is 2.59. The average Bonchev–Trinajstić information content (AvgIpc) is 2.78. The Balaban J connectivity index is 2.33. The number of hydrogen-bond acceptors (Lipinski definition) is 3. The molecule has 86 valence electrons. The minimum Gasteiger partial charge on any atom is -0.363 e. The Morgan fingerprint density at radius 2 is 1.88 bits per heavy atom. The fourth-order valence-corrected chi connectivity index (χ4v) is 1.32. The first-order chi connectivity index (χ1) is 8.08. The first kappa shape index (κ1) is 11.0. The van der Waals surface area contributed by atoms with Crippen molar-refractivity contribution in [3.63, 3.8) is 0 Å². The van der Waals surface area contributed by atoms with Gasteiger partial charge >= 0.3 is 0 Å². The quantitative estimate of drug-likeness (QED) is 0.625. The van der Waals surface area contributed by atoms with Crippen LogP contribution in [0, 0.1) is 5.82 Å². The highest BCUT2D eigenvalue weighted by atomic mass is 19.1. The van der Waals surface area contributed by atoms with E-state index in [-0.39, 0.29) is 11.4 Å².